The van der Waals surface area contributed by atoms with Crippen molar-refractivity contribution in [3.05, 3.63) is 29.4 Å². The molecule has 6 rings (SSSR count). The van der Waals surface area contributed by atoms with Crippen molar-refractivity contribution in [2.75, 3.05) is 90.8 Å². The second-order valence-electron chi connectivity index (χ2n) is 12.3. The second-order valence-corrected chi connectivity index (χ2v) is 12.7. The fraction of sp³-hybridized carbons (Fsp3) is 0.688. The van der Waals surface area contributed by atoms with Gasteiger partial charge in [-0.2, -0.15) is 53.3 Å². The Morgan fingerprint density at radius 2 is 1.29 bits per heavy atom. The summed E-state index contributed by atoms with van der Waals surface area (Å²) < 4.78 is 73.6. The normalized spacial score (nSPS) is 19.8. The van der Waals surface area contributed by atoms with Crippen LogP contribution >= 0.6 is 38.6 Å². The van der Waals surface area contributed by atoms with E-state index in [1.54, 1.807) is 4.90 Å². The third-order valence-corrected chi connectivity index (χ3v) is 9.00. The van der Waals surface area contributed by atoms with Crippen molar-refractivity contribution in [2.45, 2.75) is 64.7 Å². The highest BCUT2D eigenvalue weighted by Crippen LogP contribution is 2.37. The van der Waals surface area contributed by atoms with Gasteiger partial charge in [-0.3, -0.25) is 0 Å². The van der Waals surface area contributed by atoms with Crippen LogP contribution in [0.25, 0.3) is 0 Å². The zero-order valence-electron chi connectivity index (χ0n) is 28.2. The van der Waals surface area contributed by atoms with E-state index in [4.69, 9.17) is 11.6 Å². The van der Waals surface area contributed by atoms with Gasteiger partial charge >= 0.3 is 12.4 Å². The van der Waals surface area contributed by atoms with Crippen LogP contribution in [0, 0.1) is 11.8 Å². The standard InChI is InChI=1S/C16H23F3N4.C11H16ClN3.C5H8F3N.2H2S/c1-2-3-8-22-10-7-20-15-13(22)4-5-14(21-15)23-9-6-12(11-23)16(17,18)19;1-2-3-7-15-8-6-13-11-9(15)4-5-10(12)14-11;6-5(7,8)4-1-2-9-3-4;;/h4-5,12H,2-3,6-11H2,1H3,(H,20,21);4-5H,2-3,6-8H2,1H3,(H,13,14);4,9H,1-3H2;2*1H2. The van der Waals surface area contributed by atoms with Gasteiger partial charge in [0.25, 0.3) is 0 Å². The van der Waals surface area contributed by atoms with Crippen molar-refractivity contribution in [1.82, 2.24) is 15.3 Å². The molecule has 2 aromatic heterocycles. The largest absolute Gasteiger partial charge is 0.393 e. The van der Waals surface area contributed by atoms with Gasteiger partial charge in [0, 0.05) is 58.9 Å². The molecule has 8 nitrogen and oxygen atoms in total. The summed E-state index contributed by atoms with van der Waals surface area (Å²) in [7, 11) is 0. The maximum atomic E-state index is 12.8. The number of fused-ring (bicyclic) bond motifs is 2. The predicted molar refractivity (Wildman–Crippen MR) is 199 cm³/mol. The molecule has 0 saturated carbocycles. The SMILES string of the molecule is CCCCN1CCNc2nc(Cl)ccc21.CCCCN1CCNc2nc(N3CCC(C(F)(F)F)C3)ccc21.FC(F)(F)C1CCNC1.S.S. The van der Waals surface area contributed by atoms with E-state index in [1.165, 1.54) is 18.5 Å². The number of unbranched alkanes of at least 4 members (excludes halogenated alkanes) is 2. The maximum absolute atomic E-state index is 12.8. The number of rotatable bonds is 7. The van der Waals surface area contributed by atoms with E-state index in [2.05, 4.69) is 49.6 Å². The van der Waals surface area contributed by atoms with Gasteiger partial charge in [-0.05, 0) is 56.5 Å². The minimum absolute atomic E-state index is 0. The quantitative estimate of drug-likeness (QED) is 0.197. The zero-order valence-corrected chi connectivity index (χ0v) is 30.9. The van der Waals surface area contributed by atoms with Crippen LogP contribution in [-0.2, 0) is 0 Å². The van der Waals surface area contributed by atoms with Crippen molar-refractivity contribution in [1.29, 1.82) is 0 Å². The maximum Gasteiger partial charge on any atom is 0.393 e. The summed E-state index contributed by atoms with van der Waals surface area (Å²) in [4.78, 5) is 15.3. The lowest BCUT2D eigenvalue weighted by Gasteiger charge is -2.32. The van der Waals surface area contributed by atoms with Crippen LogP contribution in [0.3, 0.4) is 0 Å². The van der Waals surface area contributed by atoms with Gasteiger partial charge < -0.3 is 30.7 Å². The minimum Gasteiger partial charge on any atom is -0.367 e. The van der Waals surface area contributed by atoms with Gasteiger partial charge in [-0.1, -0.05) is 38.3 Å². The first-order valence-corrected chi connectivity index (χ1v) is 17.0. The molecular formula is C32H51ClF6N8S2. The Morgan fingerprint density at radius 1 is 0.735 bits per heavy atom. The zero-order chi connectivity index (χ0) is 34.0. The summed E-state index contributed by atoms with van der Waals surface area (Å²) in [5.41, 5.74) is 2.24. The van der Waals surface area contributed by atoms with Crippen LogP contribution in [0.15, 0.2) is 24.3 Å². The number of halogens is 7. The molecule has 0 aromatic carbocycles. The van der Waals surface area contributed by atoms with Crippen molar-refractivity contribution in [3.63, 3.8) is 0 Å². The molecule has 280 valence electrons. The molecule has 0 amide bonds. The molecule has 2 atom stereocenters. The fourth-order valence-electron chi connectivity index (χ4n) is 6.01. The highest BCUT2D eigenvalue weighted by Gasteiger charge is 2.44. The summed E-state index contributed by atoms with van der Waals surface area (Å²) in [5.74, 6) is 0.0114. The van der Waals surface area contributed by atoms with E-state index < -0.39 is 24.2 Å². The molecule has 49 heavy (non-hydrogen) atoms. The molecule has 17 heteroatoms. The topological polar surface area (TPSA) is 71.6 Å². The first-order chi connectivity index (χ1) is 22.4. The van der Waals surface area contributed by atoms with Crippen LogP contribution in [0.4, 0.5) is 55.2 Å². The molecular weight excluding hydrogens is 710 g/mol. The van der Waals surface area contributed by atoms with Crippen molar-refractivity contribution < 1.29 is 26.3 Å². The summed E-state index contributed by atoms with van der Waals surface area (Å²) in [5, 5.41) is 9.76. The lowest BCUT2D eigenvalue weighted by molar-refractivity contribution is -0.169. The van der Waals surface area contributed by atoms with E-state index in [0.29, 0.717) is 24.1 Å². The summed E-state index contributed by atoms with van der Waals surface area (Å²) in [6, 6.07) is 7.74. The number of alkyl halides is 6. The molecule has 0 bridgehead atoms. The number of pyridine rings is 2. The lowest BCUT2D eigenvalue weighted by Crippen LogP contribution is -2.35. The van der Waals surface area contributed by atoms with Crippen LogP contribution in [-0.4, -0.2) is 87.8 Å². The van der Waals surface area contributed by atoms with Crippen LogP contribution in [0.2, 0.25) is 5.15 Å². The van der Waals surface area contributed by atoms with E-state index in [9.17, 15) is 26.3 Å². The second kappa shape index (κ2) is 20.0. The molecule has 6 heterocycles. The number of hydrogen-bond acceptors (Lipinski definition) is 8. The number of nitrogens with zero attached hydrogens (tertiary/aromatic N) is 5. The van der Waals surface area contributed by atoms with E-state index in [1.807, 2.05) is 24.3 Å². The van der Waals surface area contributed by atoms with Gasteiger partial charge in [0.15, 0.2) is 11.6 Å². The summed E-state index contributed by atoms with van der Waals surface area (Å²) in [6.07, 6.45) is -3.00. The number of anilines is 5. The number of aromatic nitrogens is 2. The van der Waals surface area contributed by atoms with Crippen LogP contribution in [0.5, 0.6) is 0 Å². The minimum atomic E-state index is -4.11. The average molecular weight is 761 g/mol. The Bertz CT molecular complexity index is 1270. The highest BCUT2D eigenvalue weighted by molar-refractivity contribution is 7.59. The molecule has 2 unspecified atom stereocenters. The molecule has 2 aromatic rings. The Morgan fingerprint density at radius 3 is 1.76 bits per heavy atom. The van der Waals surface area contributed by atoms with E-state index in [-0.39, 0.29) is 52.9 Å². The average Bonchev–Trinajstić information content (AvgIpc) is 3.77. The molecule has 4 aliphatic rings. The smallest absolute Gasteiger partial charge is 0.367 e. The first-order valence-electron chi connectivity index (χ1n) is 16.6. The van der Waals surface area contributed by atoms with Crippen molar-refractivity contribution in [2.24, 2.45) is 11.8 Å². The molecule has 3 N–H and O–H groups in total. The summed E-state index contributed by atoms with van der Waals surface area (Å²) >= 11 is 5.86. The van der Waals surface area contributed by atoms with Gasteiger partial charge in [0.1, 0.15) is 11.0 Å². The Kier molecular flexibility index (Phi) is 17.6. The van der Waals surface area contributed by atoms with E-state index >= 15 is 0 Å². The number of hydrogen-bond donors (Lipinski definition) is 3. The highest BCUT2D eigenvalue weighted by atomic mass is 35.5. The monoisotopic (exact) mass is 760 g/mol. The van der Waals surface area contributed by atoms with Crippen molar-refractivity contribution in [3.8, 4) is 0 Å². The van der Waals surface area contributed by atoms with E-state index in [0.717, 1.165) is 69.4 Å². The Labute approximate surface area is 305 Å². The van der Waals surface area contributed by atoms with Crippen molar-refractivity contribution >= 4 is 67.4 Å². The molecule has 2 saturated heterocycles. The van der Waals surface area contributed by atoms with Gasteiger partial charge in [0.2, 0.25) is 0 Å². The predicted octanol–water partition coefficient (Wildman–Crippen LogP) is 7.65. The van der Waals surface area contributed by atoms with Gasteiger partial charge in [0.05, 0.1) is 23.2 Å². The van der Waals surface area contributed by atoms with Gasteiger partial charge in [-0.15, -0.1) is 0 Å². The molecule has 0 aliphatic carbocycles. The number of nitrogens with one attached hydrogen (secondary N) is 3. The first kappa shape index (κ1) is 43.0. The Balaban J connectivity index is 0.000000276. The lowest BCUT2D eigenvalue weighted by atomic mass is 10.1. The van der Waals surface area contributed by atoms with Crippen LogP contribution in [0.1, 0.15) is 52.4 Å². The Hall–Kier alpha value is -2.17. The third kappa shape index (κ3) is 12.5. The molecule has 0 spiro atoms. The molecule has 2 fully saturated rings. The van der Waals surface area contributed by atoms with Crippen LogP contribution < -0.4 is 30.7 Å². The summed E-state index contributed by atoms with van der Waals surface area (Å²) in [6.45, 7) is 11.3. The molecule has 4 aliphatic heterocycles. The van der Waals surface area contributed by atoms with Gasteiger partial charge in [-0.25, -0.2) is 9.97 Å². The molecule has 0 radical (unpaired) electrons. The third-order valence-electron chi connectivity index (χ3n) is 8.79. The fourth-order valence-corrected chi connectivity index (χ4v) is 6.16.